The molecule has 0 amide bonds. The Labute approximate surface area is 161 Å². The number of aliphatic carboxylic acids is 1. The summed E-state index contributed by atoms with van der Waals surface area (Å²) >= 11 is 0. The third kappa shape index (κ3) is 6.26. The van der Waals surface area contributed by atoms with Crippen LogP contribution in [0.5, 0.6) is 5.75 Å². The van der Waals surface area contributed by atoms with E-state index in [1.54, 1.807) is 6.08 Å². The molecular weight excluding hydrogens is 338 g/mol. The van der Waals surface area contributed by atoms with Gasteiger partial charge in [0.05, 0.1) is 6.61 Å². The van der Waals surface area contributed by atoms with Gasteiger partial charge in [0.25, 0.3) is 0 Å². The number of likely N-dealkylation sites (tertiary alicyclic amines) is 1. The molecule has 0 bridgehead atoms. The number of piperidine rings is 1. The number of hydrogen-bond acceptors (Lipinski definition) is 3. The van der Waals surface area contributed by atoms with Crippen molar-refractivity contribution in [3.8, 4) is 16.9 Å². The Bertz CT molecular complexity index is 744. The molecule has 1 saturated heterocycles. The Hall–Kier alpha value is -2.59. The summed E-state index contributed by atoms with van der Waals surface area (Å²) in [4.78, 5) is 13.1. The molecule has 0 atom stereocenters. The van der Waals surface area contributed by atoms with Crippen LogP contribution in [0.3, 0.4) is 0 Å². The first-order valence-electron chi connectivity index (χ1n) is 9.67. The molecule has 1 aliphatic rings. The third-order valence-corrected chi connectivity index (χ3v) is 4.85. The highest BCUT2D eigenvalue weighted by atomic mass is 16.5. The Kier molecular flexibility index (Phi) is 7.05. The number of ether oxygens (including phenoxy) is 1. The quantitative estimate of drug-likeness (QED) is 0.544. The summed E-state index contributed by atoms with van der Waals surface area (Å²) in [6.07, 6.45) is 7.84. The van der Waals surface area contributed by atoms with Gasteiger partial charge in [-0.2, -0.15) is 0 Å². The van der Waals surface area contributed by atoms with Gasteiger partial charge < -0.3 is 14.7 Å². The zero-order chi connectivity index (χ0) is 18.9. The van der Waals surface area contributed by atoms with E-state index in [2.05, 4.69) is 17.0 Å². The lowest BCUT2D eigenvalue weighted by Crippen LogP contribution is -2.31. The van der Waals surface area contributed by atoms with Crippen molar-refractivity contribution in [1.29, 1.82) is 0 Å². The van der Waals surface area contributed by atoms with Crippen molar-refractivity contribution in [2.45, 2.75) is 25.7 Å². The van der Waals surface area contributed by atoms with E-state index >= 15 is 0 Å². The van der Waals surface area contributed by atoms with E-state index in [0.717, 1.165) is 48.1 Å². The molecule has 4 heteroatoms. The van der Waals surface area contributed by atoms with Gasteiger partial charge in [-0.3, -0.25) is 0 Å². The van der Waals surface area contributed by atoms with Crippen molar-refractivity contribution in [1.82, 2.24) is 4.90 Å². The van der Waals surface area contributed by atoms with Gasteiger partial charge in [0.1, 0.15) is 5.75 Å². The summed E-state index contributed by atoms with van der Waals surface area (Å²) in [5.41, 5.74) is 3.08. The Morgan fingerprint density at radius 1 is 0.963 bits per heavy atom. The molecule has 1 heterocycles. The average molecular weight is 365 g/mol. The normalized spacial score (nSPS) is 15.1. The van der Waals surface area contributed by atoms with E-state index in [4.69, 9.17) is 9.84 Å². The number of carboxylic acids is 1. The van der Waals surface area contributed by atoms with Gasteiger partial charge in [0.15, 0.2) is 0 Å². The van der Waals surface area contributed by atoms with Crippen LogP contribution in [-0.2, 0) is 4.79 Å². The van der Waals surface area contributed by atoms with Gasteiger partial charge >= 0.3 is 5.97 Å². The van der Waals surface area contributed by atoms with Crippen molar-refractivity contribution in [3.63, 3.8) is 0 Å². The van der Waals surface area contributed by atoms with Crippen LogP contribution >= 0.6 is 0 Å². The van der Waals surface area contributed by atoms with Crippen LogP contribution in [0.2, 0.25) is 0 Å². The van der Waals surface area contributed by atoms with Crippen LogP contribution in [0.1, 0.15) is 31.2 Å². The molecule has 0 spiro atoms. The fraction of sp³-hybridized carbons (Fsp3) is 0.348. The summed E-state index contributed by atoms with van der Waals surface area (Å²) in [6.45, 7) is 4.35. The first kappa shape index (κ1) is 19.2. The maximum atomic E-state index is 10.6. The lowest BCUT2D eigenvalue weighted by Gasteiger charge is -2.26. The van der Waals surface area contributed by atoms with Crippen LogP contribution in [0.4, 0.5) is 0 Å². The van der Waals surface area contributed by atoms with Crippen LogP contribution < -0.4 is 4.74 Å². The highest BCUT2D eigenvalue weighted by molar-refractivity contribution is 5.85. The maximum absolute atomic E-state index is 10.6. The minimum absolute atomic E-state index is 0.750. The number of hydrogen-bond donors (Lipinski definition) is 1. The van der Waals surface area contributed by atoms with Crippen molar-refractivity contribution < 1.29 is 14.6 Å². The molecule has 1 N–H and O–H groups in total. The predicted molar refractivity (Wildman–Crippen MR) is 109 cm³/mol. The van der Waals surface area contributed by atoms with E-state index in [1.807, 2.05) is 36.4 Å². The van der Waals surface area contributed by atoms with Crippen molar-refractivity contribution in [3.05, 3.63) is 60.2 Å². The SMILES string of the molecule is O=C(O)C=Cc1ccc(-c2ccc(OCCCN3CCCCC3)cc2)cc1. The first-order chi connectivity index (χ1) is 13.2. The van der Waals surface area contributed by atoms with Crippen LogP contribution in [-0.4, -0.2) is 42.2 Å². The summed E-state index contributed by atoms with van der Waals surface area (Å²) in [6, 6.07) is 16.0. The number of rotatable bonds is 8. The van der Waals surface area contributed by atoms with E-state index < -0.39 is 5.97 Å². The van der Waals surface area contributed by atoms with Gasteiger partial charge in [-0.05, 0) is 67.3 Å². The predicted octanol–water partition coefficient (Wildman–Crippen LogP) is 4.71. The first-order valence-corrected chi connectivity index (χ1v) is 9.67. The summed E-state index contributed by atoms with van der Waals surface area (Å²) in [5, 5.41) is 8.68. The van der Waals surface area contributed by atoms with Crippen LogP contribution in [0.15, 0.2) is 54.6 Å². The molecule has 0 unspecified atom stereocenters. The molecule has 4 nitrogen and oxygen atoms in total. The van der Waals surface area contributed by atoms with E-state index in [1.165, 1.54) is 32.4 Å². The minimum atomic E-state index is -0.939. The second kappa shape index (κ2) is 9.93. The molecular formula is C23H27NO3. The van der Waals surface area contributed by atoms with Gasteiger partial charge in [0, 0.05) is 12.6 Å². The molecule has 27 heavy (non-hydrogen) atoms. The summed E-state index contributed by atoms with van der Waals surface area (Å²) < 4.78 is 5.87. The largest absolute Gasteiger partial charge is 0.494 e. The van der Waals surface area contributed by atoms with Gasteiger partial charge in [0.2, 0.25) is 0 Å². The molecule has 1 aliphatic heterocycles. The monoisotopic (exact) mass is 365 g/mol. The molecule has 2 aromatic carbocycles. The number of nitrogens with zero attached hydrogens (tertiary/aromatic N) is 1. The van der Waals surface area contributed by atoms with Crippen molar-refractivity contribution in [2.24, 2.45) is 0 Å². The van der Waals surface area contributed by atoms with Crippen LogP contribution in [0.25, 0.3) is 17.2 Å². The van der Waals surface area contributed by atoms with E-state index in [-0.39, 0.29) is 0 Å². The van der Waals surface area contributed by atoms with Crippen molar-refractivity contribution in [2.75, 3.05) is 26.2 Å². The molecule has 1 fully saturated rings. The second-order valence-corrected chi connectivity index (χ2v) is 6.92. The Morgan fingerprint density at radius 2 is 1.59 bits per heavy atom. The number of carboxylic acid groups (broad SMARTS) is 1. The number of benzene rings is 2. The number of carbonyl (C=O) groups is 1. The lowest BCUT2D eigenvalue weighted by molar-refractivity contribution is -0.131. The fourth-order valence-electron chi connectivity index (χ4n) is 3.36. The third-order valence-electron chi connectivity index (χ3n) is 4.85. The zero-order valence-electron chi connectivity index (χ0n) is 15.6. The van der Waals surface area contributed by atoms with E-state index in [0.29, 0.717) is 0 Å². The Balaban J connectivity index is 1.47. The topological polar surface area (TPSA) is 49.8 Å². The van der Waals surface area contributed by atoms with Crippen LogP contribution in [0, 0.1) is 0 Å². The van der Waals surface area contributed by atoms with Gasteiger partial charge in [-0.15, -0.1) is 0 Å². The minimum Gasteiger partial charge on any atom is -0.494 e. The molecule has 0 aliphatic carbocycles. The molecule has 0 saturated carbocycles. The fourth-order valence-corrected chi connectivity index (χ4v) is 3.36. The molecule has 0 aromatic heterocycles. The summed E-state index contributed by atoms with van der Waals surface area (Å²) in [5.74, 6) is -0.0380. The maximum Gasteiger partial charge on any atom is 0.328 e. The molecule has 142 valence electrons. The van der Waals surface area contributed by atoms with Crippen molar-refractivity contribution >= 4 is 12.0 Å². The molecule has 0 radical (unpaired) electrons. The van der Waals surface area contributed by atoms with Gasteiger partial charge in [-0.25, -0.2) is 4.79 Å². The van der Waals surface area contributed by atoms with E-state index in [9.17, 15) is 4.79 Å². The average Bonchev–Trinajstić information content (AvgIpc) is 2.71. The zero-order valence-corrected chi connectivity index (χ0v) is 15.6. The smallest absolute Gasteiger partial charge is 0.328 e. The van der Waals surface area contributed by atoms with Gasteiger partial charge in [-0.1, -0.05) is 42.8 Å². The highest BCUT2D eigenvalue weighted by Gasteiger charge is 2.09. The second-order valence-electron chi connectivity index (χ2n) is 6.92. The standard InChI is InChI=1S/C23H27NO3/c25-23(26)14-7-19-5-8-20(9-6-19)21-10-12-22(13-11-21)27-18-4-17-24-15-2-1-3-16-24/h5-14H,1-4,15-18H2,(H,25,26). The lowest BCUT2D eigenvalue weighted by atomic mass is 10.0. The molecule has 2 aromatic rings. The molecule has 3 rings (SSSR count). The highest BCUT2D eigenvalue weighted by Crippen LogP contribution is 2.23. The summed E-state index contributed by atoms with van der Waals surface area (Å²) in [7, 11) is 0. The Morgan fingerprint density at radius 3 is 2.22 bits per heavy atom.